The molecule has 2 aromatic rings. The van der Waals surface area contributed by atoms with Gasteiger partial charge in [0.05, 0.1) is 11.8 Å². The predicted octanol–water partition coefficient (Wildman–Crippen LogP) is 2.16. The van der Waals surface area contributed by atoms with Crippen molar-refractivity contribution in [2.24, 2.45) is 7.05 Å². The molecule has 7 nitrogen and oxygen atoms in total. The topological polar surface area (TPSA) is 81.2 Å². The van der Waals surface area contributed by atoms with Crippen LogP contribution in [-0.2, 0) is 19.9 Å². The standard InChI is InChI=1S/C18H22N4O3/c1-21-11-12(10-19-21)15(23)9-13-5-4-8-22(13)18(24)17-14-6-2-3-7-16(14)25-20-17/h10-11,13H,2-9H2,1H3/t13-/m1/s1. The Labute approximate surface area is 146 Å². The van der Waals surface area contributed by atoms with Crippen LogP contribution in [0.3, 0.4) is 0 Å². The fourth-order valence-corrected chi connectivity index (χ4v) is 3.90. The number of hydrogen-bond donors (Lipinski definition) is 0. The van der Waals surface area contributed by atoms with E-state index in [2.05, 4.69) is 10.3 Å². The van der Waals surface area contributed by atoms with Gasteiger partial charge in [-0.05, 0) is 32.1 Å². The summed E-state index contributed by atoms with van der Waals surface area (Å²) in [4.78, 5) is 27.3. The van der Waals surface area contributed by atoms with Gasteiger partial charge in [-0.3, -0.25) is 14.3 Å². The van der Waals surface area contributed by atoms with E-state index in [-0.39, 0.29) is 17.7 Å². The lowest BCUT2D eigenvalue weighted by atomic mass is 9.96. The lowest BCUT2D eigenvalue weighted by Gasteiger charge is -2.23. The smallest absolute Gasteiger partial charge is 0.276 e. The zero-order valence-corrected chi connectivity index (χ0v) is 14.4. The van der Waals surface area contributed by atoms with Crippen molar-refractivity contribution in [2.75, 3.05) is 6.54 Å². The van der Waals surface area contributed by atoms with E-state index in [4.69, 9.17) is 4.52 Å². The van der Waals surface area contributed by atoms with E-state index in [1.54, 1.807) is 29.0 Å². The number of aromatic nitrogens is 3. The third-order valence-corrected chi connectivity index (χ3v) is 5.24. The highest BCUT2D eigenvalue weighted by molar-refractivity contribution is 5.97. The number of Topliss-reactive ketones (excluding diaryl/α,β-unsaturated/α-hetero) is 1. The van der Waals surface area contributed by atoms with Gasteiger partial charge in [-0.1, -0.05) is 5.16 Å². The Balaban J connectivity index is 1.50. The van der Waals surface area contributed by atoms with Gasteiger partial charge in [0.15, 0.2) is 11.5 Å². The van der Waals surface area contributed by atoms with Crippen LogP contribution in [0.15, 0.2) is 16.9 Å². The highest BCUT2D eigenvalue weighted by atomic mass is 16.5. The first-order valence-corrected chi connectivity index (χ1v) is 8.93. The van der Waals surface area contributed by atoms with Crippen molar-refractivity contribution in [1.82, 2.24) is 19.8 Å². The van der Waals surface area contributed by atoms with Gasteiger partial charge in [-0.2, -0.15) is 5.10 Å². The van der Waals surface area contributed by atoms with Crippen molar-refractivity contribution in [3.63, 3.8) is 0 Å². The average Bonchev–Trinajstić information content (AvgIpc) is 3.33. The van der Waals surface area contributed by atoms with Crippen molar-refractivity contribution < 1.29 is 14.1 Å². The largest absolute Gasteiger partial charge is 0.360 e. The zero-order chi connectivity index (χ0) is 17.4. The van der Waals surface area contributed by atoms with E-state index in [1.807, 2.05) is 0 Å². The number of carbonyl (C=O) groups excluding carboxylic acids is 2. The van der Waals surface area contributed by atoms with Crippen LogP contribution in [-0.4, -0.2) is 44.1 Å². The first-order chi connectivity index (χ1) is 12.1. The van der Waals surface area contributed by atoms with Crippen LogP contribution < -0.4 is 0 Å². The van der Waals surface area contributed by atoms with E-state index < -0.39 is 0 Å². The number of fused-ring (bicyclic) bond motifs is 1. The molecule has 0 aromatic carbocycles. The zero-order valence-electron chi connectivity index (χ0n) is 14.4. The number of carbonyl (C=O) groups is 2. The van der Waals surface area contributed by atoms with E-state index in [9.17, 15) is 9.59 Å². The van der Waals surface area contributed by atoms with Gasteiger partial charge in [0.25, 0.3) is 5.91 Å². The number of nitrogens with zero attached hydrogens (tertiary/aromatic N) is 4. The molecule has 0 bridgehead atoms. The summed E-state index contributed by atoms with van der Waals surface area (Å²) in [6.07, 6.45) is 9.26. The van der Waals surface area contributed by atoms with Crippen LogP contribution in [0.4, 0.5) is 0 Å². The quantitative estimate of drug-likeness (QED) is 0.795. The van der Waals surface area contributed by atoms with Gasteiger partial charge in [0.1, 0.15) is 5.76 Å². The lowest BCUT2D eigenvalue weighted by Crippen LogP contribution is -2.37. The fraction of sp³-hybridized carbons (Fsp3) is 0.556. The highest BCUT2D eigenvalue weighted by Gasteiger charge is 2.35. The molecule has 0 spiro atoms. The Morgan fingerprint density at radius 1 is 1.28 bits per heavy atom. The summed E-state index contributed by atoms with van der Waals surface area (Å²) in [5, 5.41) is 8.10. The van der Waals surface area contributed by atoms with Gasteiger partial charge >= 0.3 is 0 Å². The van der Waals surface area contributed by atoms with Crippen LogP contribution >= 0.6 is 0 Å². The molecule has 1 atom stereocenters. The molecule has 2 aromatic heterocycles. The van der Waals surface area contributed by atoms with Gasteiger partial charge in [-0.15, -0.1) is 0 Å². The first-order valence-electron chi connectivity index (χ1n) is 8.93. The molecule has 1 aliphatic carbocycles. The molecule has 25 heavy (non-hydrogen) atoms. The number of rotatable bonds is 4. The van der Waals surface area contributed by atoms with Gasteiger partial charge in [0.2, 0.25) is 0 Å². The Kier molecular flexibility index (Phi) is 4.15. The monoisotopic (exact) mass is 342 g/mol. The van der Waals surface area contributed by atoms with Crippen molar-refractivity contribution in [1.29, 1.82) is 0 Å². The van der Waals surface area contributed by atoms with Gasteiger partial charge < -0.3 is 9.42 Å². The molecule has 1 fully saturated rings. The molecule has 132 valence electrons. The molecule has 1 aliphatic heterocycles. The normalized spacial score (nSPS) is 19.9. The van der Waals surface area contributed by atoms with E-state index in [1.165, 1.54) is 0 Å². The van der Waals surface area contributed by atoms with E-state index >= 15 is 0 Å². The highest BCUT2D eigenvalue weighted by Crippen LogP contribution is 2.28. The predicted molar refractivity (Wildman–Crippen MR) is 89.4 cm³/mol. The molecule has 3 heterocycles. The molecule has 0 radical (unpaired) electrons. The molecule has 0 saturated carbocycles. The third kappa shape index (κ3) is 2.99. The second kappa shape index (κ2) is 6.46. The fourth-order valence-electron chi connectivity index (χ4n) is 3.90. The molecular formula is C18H22N4O3. The van der Waals surface area contributed by atoms with Crippen LogP contribution in [0.1, 0.15) is 64.3 Å². The van der Waals surface area contributed by atoms with Crippen molar-refractivity contribution >= 4 is 11.7 Å². The van der Waals surface area contributed by atoms with Crippen LogP contribution in [0, 0.1) is 0 Å². The van der Waals surface area contributed by atoms with Gasteiger partial charge in [0, 0.05) is 44.2 Å². The summed E-state index contributed by atoms with van der Waals surface area (Å²) in [5.74, 6) is 0.796. The van der Waals surface area contributed by atoms with E-state index in [0.717, 1.165) is 49.8 Å². The summed E-state index contributed by atoms with van der Waals surface area (Å²) in [5.41, 5.74) is 2.02. The summed E-state index contributed by atoms with van der Waals surface area (Å²) < 4.78 is 7.00. The van der Waals surface area contributed by atoms with E-state index in [0.29, 0.717) is 24.2 Å². The SMILES string of the molecule is Cn1cc(C(=O)C[C@H]2CCCN2C(=O)c2noc3c2CCCC3)cn1. The summed E-state index contributed by atoms with van der Waals surface area (Å²) in [6, 6.07) is -0.0730. The van der Waals surface area contributed by atoms with Crippen LogP contribution in [0.2, 0.25) is 0 Å². The molecule has 1 amide bonds. The third-order valence-electron chi connectivity index (χ3n) is 5.24. The van der Waals surface area contributed by atoms with Crippen LogP contribution in [0.5, 0.6) is 0 Å². The second-order valence-corrected chi connectivity index (χ2v) is 6.96. The van der Waals surface area contributed by atoms with Crippen molar-refractivity contribution in [3.05, 3.63) is 35.0 Å². The minimum absolute atomic E-state index is 0.0278. The number of ketones is 1. The lowest BCUT2D eigenvalue weighted by molar-refractivity contribution is 0.0706. The summed E-state index contributed by atoms with van der Waals surface area (Å²) in [6.45, 7) is 0.672. The average molecular weight is 342 g/mol. The maximum atomic E-state index is 13.0. The number of hydrogen-bond acceptors (Lipinski definition) is 5. The molecular weight excluding hydrogens is 320 g/mol. The molecule has 7 heteroatoms. The Morgan fingerprint density at radius 2 is 2.12 bits per heavy atom. The van der Waals surface area contributed by atoms with Crippen molar-refractivity contribution in [2.45, 2.75) is 51.0 Å². The molecule has 0 unspecified atom stereocenters. The Hall–Kier alpha value is -2.44. The number of likely N-dealkylation sites (tertiary alicyclic amines) is 1. The Bertz CT molecular complexity index is 807. The molecule has 4 rings (SSSR count). The molecule has 2 aliphatic rings. The first kappa shape index (κ1) is 16.1. The maximum Gasteiger partial charge on any atom is 0.276 e. The number of aryl methyl sites for hydroxylation is 2. The minimum Gasteiger partial charge on any atom is -0.360 e. The molecule has 1 saturated heterocycles. The summed E-state index contributed by atoms with van der Waals surface area (Å²) >= 11 is 0. The maximum absolute atomic E-state index is 13.0. The minimum atomic E-state index is -0.0895. The second-order valence-electron chi connectivity index (χ2n) is 6.96. The van der Waals surface area contributed by atoms with Crippen LogP contribution in [0.25, 0.3) is 0 Å². The van der Waals surface area contributed by atoms with Gasteiger partial charge in [-0.25, -0.2) is 0 Å². The molecule has 0 N–H and O–H groups in total. The number of amides is 1. The van der Waals surface area contributed by atoms with Crippen molar-refractivity contribution in [3.8, 4) is 0 Å². The Morgan fingerprint density at radius 3 is 2.92 bits per heavy atom. The summed E-state index contributed by atoms with van der Waals surface area (Å²) in [7, 11) is 1.79.